The van der Waals surface area contributed by atoms with Gasteiger partial charge in [-0.2, -0.15) is 5.10 Å². The Hall–Kier alpha value is -2.92. The zero-order valence-corrected chi connectivity index (χ0v) is 17.6. The Labute approximate surface area is 178 Å². The highest BCUT2D eigenvalue weighted by Crippen LogP contribution is 2.23. The molecule has 0 atom stereocenters. The fraction of sp³-hybridized carbons (Fsp3) is 0.360. The Kier molecular flexibility index (Phi) is 6.60. The van der Waals surface area contributed by atoms with Crippen LogP contribution in [0.25, 0.3) is 11.3 Å². The number of hydrogen-bond donors (Lipinski definition) is 1. The highest BCUT2D eigenvalue weighted by Gasteiger charge is 2.24. The van der Waals surface area contributed by atoms with Crippen molar-refractivity contribution < 1.29 is 4.79 Å². The number of nitrogens with zero attached hydrogens (tertiary/aromatic N) is 3. The number of aromatic nitrogens is 2. The van der Waals surface area contributed by atoms with Gasteiger partial charge in [0.15, 0.2) is 0 Å². The van der Waals surface area contributed by atoms with E-state index in [-0.39, 0.29) is 11.9 Å². The highest BCUT2D eigenvalue weighted by atomic mass is 16.1. The van der Waals surface area contributed by atoms with Crippen LogP contribution in [0, 0.1) is 0 Å². The molecular weight excluding hydrogens is 372 g/mol. The molecule has 0 unspecified atom stereocenters. The number of rotatable bonds is 7. The van der Waals surface area contributed by atoms with Gasteiger partial charge in [0.1, 0.15) is 5.69 Å². The molecule has 0 saturated carbocycles. The quantitative estimate of drug-likeness (QED) is 0.644. The molecule has 2 aromatic carbocycles. The van der Waals surface area contributed by atoms with Gasteiger partial charge in [0.2, 0.25) is 0 Å². The third-order valence-corrected chi connectivity index (χ3v) is 5.70. The first kappa shape index (κ1) is 20.4. The fourth-order valence-corrected chi connectivity index (χ4v) is 4.13. The molecule has 2 heterocycles. The fourth-order valence-electron chi connectivity index (χ4n) is 4.13. The number of benzene rings is 2. The Bertz CT molecular complexity index is 944. The van der Waals surface area contributed by atoms with E-state index in [0.29, 0.717) is 12.1 Å². The van der Waals surface area contributed by atoms with Crippen LogP contribution in [0.4, 0.5) is 0 Å². The van der Waals surface area contributed by atoms with E-state index in [1.807, 2.05) is 59.4 Å². The Morgan fingerprint density at radius 3 is 2.37 bits per heavy atom. The van der Waals surface area contributed by atoms with Gasteiger partial charge in [-0.15, -0.1) is 0 Å². The lowest BCUT2D eigenvalue weighted by atomic mass is 10.0. The van der Waals surface area contributed by atoms with Gasteiger partial charge >= 0.3 is 0 Å². The summed E-state index contributed by atoms with van der Waals surface area (Å²) in [5, 5.41) is 8.04. The second-order valence-electron chi connectivity index (χ2n) is 8.03. The summed E-state index contributed by atoms with van der Waals surface area (Å²) in [5.41, 5.74) is 3.52. The first-order chi connectivity index (χ1) is 14.7. The number of carbonyl (C=O) groups is 1. The maximum absolute atomic E-state index is 13.2. The van der Waals surface area contributed by atoms with E-state index in [0.717, 1.165) is 49.3 Å². The zero-order valence-electron chi connectivity index (χ0n) is 17.6. The molecule has 1 aromatic heterocycles. The van der Waals surface area contributed by atoms with E-state index < -0.39 is 0 Å². The molecule has 1 N–H and O–H groups in total. The summed E-state index contributed by atoms with van der Waals surface area (Å²) in [6.07, 6.45) is 5.07. The number of carbonyl (C=O) groups excluding carboxylic acids is 1. The minimum Gasteiger partial charge on any atom is -0.349 e. The van der Waals surface area contributed by atoms with Crippen molar-refractivity contribution in [1.82, 2.24) is 20.0 Å². The smallest absolute Gasteiger partial charge is 0.255 e. The number of piperidine rings is 1. The average Bonchev–Trinajstić information content (AvgIpc) is 3.20. The molecule has 30 heavy (non-hydrogen) atoms. The Balaban J connectivity index is 1.52. The van der Waals surface area contributed by atoms with Crippen LogP contribution in [-0.2, 0) is 6.54 Å². The van der Waals surface area contributed by atoms with Crippen LogP contribution in [0.1, 0.15) is 42.1 Å². The molecule has 156 valence electrons. The van der Waals surface area contributed by atoms with Crippen LogP contribution in [0.15, 0.2) is 66.9 Å². The number of hydrogen-bond acceptors (Lipinski definition) is 3. The van der Waals surface area contributed by atoms with Gasteiger partial charge in [-0.05, 0) is 31.4 Å². The van der Waals surface area contributed by atoms with Crippen molar-refractivity contribution in [3.8, 4) is 11.3 Å². The molecule has 1 amide bonds. The number of amides is 1. The molecule has 4 rings (SSSR count). The van der Waals surface area contributed by atoms with Crippen molar-refractivity contribution in [2.75, 3.05) is 19.6 Å². The molecule has 1 aliphatic rings. The third kappa shape index (κ3) is 4.97. The van der Waals surface area contributed by atoms with E-state index in [1.54, 1.807) is 0 Å². The lowest BCUT2D eigenvalue weighted by Crippen LogP contribution is -2.44. The normalized spacial score (nSPS) is 15.2. The summed E-state index contributed by atoms with van der Waals surface area (Å²) in [6.45, 7) is 6.11. The van der Waals surface area contributed by atoms with Gasteiger partial charge in [0.25, 0.3) is 5.91 Å². The second-order valence-corrected chi connectivity index (χ2v) is 8.03. The van der Waals surface area contributed by atoms with Crippen molar-refractivity contribution in [3.05, 3.63) is 78.0 Å². The zero-order chi connectivity index (χ0) is 20.8. The van der Waals surface area contributed by atoms with Crippen LogP contribution < -0.4 is 5.32 Å². The van der Waals surface area contributed by atoms with E-state index >= 15 is 0 Å². The van der Waals surface area contributed by atoms with Gasteiger partial charge in [-0.25, -0.2) is 0 Å². The van der Waals surface area contributed by atoms with Gasteiger partial charge in [0.05, 0.1) is 12.1 Å². The SMILES string of the molecule is CCCN1CCC(NC(=O)c2cn(Cc3ccccc3)nc2-c2ccccc2)CC1. The molecule has 0 radical (unpaired) electrons. The minimum atomic E-state index is -0.0258. The van der Waals surface area contributed by atoms with Crippen molar-refractivity contribution in [2.24, 2.45) is 0 Å². The monoisotopic (exact) mass is 402 g/mol. The van der Waals surface area contributed by atoms with Gasteiger partial charge in [-0.3, -0.25) is 9.48 Å². The first-order valence-corrected chi connectivity index (χ1v) is 10.9. The summed E-state index contributed by atoms with van der Waals surface area (Å²) < 4.78 is 1.87. The lowest BCUT2D eigenvalue weighted by molar-refractivity contribution is 0.0911. The lowest BCUT2D eigenvalue weighted by Gasteiger charge is -2.32. The van der Waals surface area contributed by atoms with Crippen molar-refractivity contribution in [1.29, 1.82) is 0 Å². The number of nitrogens with one attached hydrogen (secondary N) is 1. The van der Waals surface area contributed by atoms with E-state index in [1.165, 1.54) is 6.42 Å². The molecule has 5 heteroatoms. The Morgan fingerprint density at radius 2 is 1.70 bits per heavy atom. The van der Waals surface area contributed by atoms with Crippen LogP contribution >= 0.6 is 0 Å². The molecule has 0 aliphatic carbocycles. The molecular formula is C25H30N4O. The summed E-state index contributed by atoms with van der Waals surface area (Å²) in [6, 6.07) is 20.4. The van der Waals surface area contributed by atoms with Gasteiger partial charge < -0.3 is 10.2 Å². The molecule has 5 nitrogen and oxygen atoms in total. The first-order valence-electron chi connectivity index (χ1n) is 10.9. The Morgan fingerprint density at radius 1 is 1.03 bits per heavy atom. The van der Waals surface area contributed by atoms with Crippen LogP contribution in [0.2, 0.25) is 0 Å². The summed E-state index contributed by atoms with van der Waals surface area (Å²) in [4.78, 5) is 15.7. The molecule has 0 spiro atoms. The molecule has 1 saturated heterocycles. The van der Waals surface area contributed by atoms with Crippen molar-refractivity contribution in [3.63, 3.8) is 0 Å². The highest BCUT2D eigenvalue weighted by molar-refractivity contribution is 6.00. The topological polar surface area (TPSA) is 50.2 Å². The summed E-state index contributed by atoms with van der Waals surface area (Å²) in [5.74, 6) is -0.0258. The molecule has 0 bridgehead atoms. The molecule has 1 aliphatic heterocycles. The second kappa shape index (κ2) is 9.72. The maximum Gasteiger partial charge on any atom is 0.255 e. The van der Waals surface area contributed by atoms with Crippen molar-refractivity contribution >= 4 is 5.91 Å². The average molecular weight is 403 g/mol. The van der Waals surface area contributed by atoms with E-state index in [9.17, 15) is 4.79 Å². The summed E-state index contributed by atoms with van der Waals surface area (Å²) >= 11 is 0. The van der Waals surface area contributed by atoms with E-state index in [2.05, 4.69) is 29.3 Å². The maximum atomic E-state index is 13.2. The third-order valence-electron chi connectivity index (χ3n) is 5.70. The molecule has 3 aromatic rings. The molecule has 1 fully saturated rings. The minimum absolute atomic E-state index is 0.0258. The van der Waals surface area contributed by atoms with Crippen LogP contribution in [0.5, 0.6) is 0 Å². The van der Waals surface area contributed by atoms with Crippen LogP contribution in [0.3, 0.4) is 0 Å². The predicted octanol–water partition coefficient (Wildman–Crippen LogP) is 4.20. The van der Waals surface area contributed by atoms with Gasteiger partial charge in [-0.1, -0.05) is 67.6 Å². The summed E-state index contributed by atoms with van der Waals surface area (Å²) in [7, 11) is 0. The number of likely N-dealkylation sites (tertiary alicyclic amines) is 1. The predicted molar refractivity (Wildman–Crippen MR) is 120 cm³/mol. The van der Waals surface area contributed by atoms with E-state index in [4.69, 9.17) is 5.10 Å². The van der Waals surface area contributed by atoms with Gasteiger partial charge in [0, 0.05) is 30.9 Å². The standard InChI is InChI=1S/C25H30N4O/c1-2-15-28-16-13-22(14-17-28)26-25(30)23-19-29(18-20-9-5-3-6-10-20)27-24(23)21-11-7-4-8-12-21/h3-12,19,22H,2,13-18H2,1H3,(H,26,30). The largest absolute Gasteiger partial charge is 0.349 e. The van der Waals surface area contributed by atoms with Crippen LogP contribution in [-0.4, -0.2) is 46.3 Å². The van der Waals surface area contributed by atoms with Crippen molar-refractivity contribution in [2.45, 2.75) is 38.8 Å².